The summed E-state index contributed by atoms with van der Waals surface area (Å²) in [6.07, 6.45) is -3.66. The molecule has 1 aliphatic rings. The summed E-state index contributed by atoms with van der Waals surface area (Å²) in [5.74, 6) is -0.633. The van der Waals surface area contributed by atoms with E-state index < -0.39 is 24.7 Å². The minimum absolute atomic E-state index is 0.0327. The molecule has 0 radical (unpaired) electrons. The Morgan fingerprint density at radius 2 is 2.05 bits per heavy atom. The number of amides is 3. The predicted molar refractivity (Wildman–Crippen MR) is 65.8 cm³/mol. The van der Waals surface area contributed by atoms with Crippen molar-refractivity contribution in [3.8, 4) is 0 Å². The highest BCUT2D eigenvalue weighted by Gasteiger charge is 2.33. The third-order valence-electron chi connectivity index (χ3n) is 3.20. The number of likely N-dealkylation sites (tertiary alicyclic amines) is 1. The minimum Gasteiger partial charge on any atom is -0.330 e. The van der Waals surface area contributed by atoms with E-state index in [1.165, 1.54) is 0 Å². The molecule has 0 aromatic rings. The second kappa shape index (κ2) is 6.40. The molecule has 0 aliphatic carbocycles. The van der Waals surface area contributed by atoms with Crippen molar-refractivity contribution in [1.29, 1.82) is 0 Å². The number of nitrogens with one attached hydrogen (secondary N) is 2. The van der Waals surface area contributed by atoms with Gasteiger partial charge in [0.1, 0.15) is 6.54 Å². The van der Waals surface area contributed by atoms with Gasteiger partial charge in [0.2, 0.25) is 5.91 Å². The first-order valence-corrected chi connectivity index (χ1v) is 6.20. The van der Waals surface area contributed by atoms with Crippen LogP contribution in [-0.4, -0.2) is 55.7 Å². The van der Waals surface area contributed by atoms with E-state index in [-0.39, 0.29) is 12.0 Å². The number of hydrogen-bond donors (Lipinski definition) is 3. The smallest absolute Gasteiger partial charge is 0.330 e. The summed E-state index contributed by atoms with van der Waals surface area (Å²) in [6.45, 7) is 2.29. The number of rotatable bonds is 4. The summed E-state index contributed by atoms with van der Waals surface area (Å²) >= 11 is 0. The van der Waals surface area contributed by atoms with Gasteiger partial charge in [0.15, 0.2) is 0 Å². The van der Waals surface area contributed by atoms with Gasteiger partial charge in [0.25, 0.3) is 0 Å². The van der Waals surface area contributed by atoms with E-state index in [2.05, 4.69) is 0 Å². The number of urea groups is 1. The van der Waals surface area contributed by atoms with Gasteiger partial charge < -0.3 is 11.1 Å². The zero-order chi connectivity index (χ0) is 15.4. The normalized spacial score (nSPS) is 23.6. The second-order valence-electron chi connectivity index (χ2n) is 5.32. The SMILES string of the molecule is CC1(CN)CCN(CC(=O)NC(=O)NCC(F)(F)F)C1. The molecule has 1 fully saturated rings. The molecule has 4 N–H and O–H groups in total. The van der Waals surface area contributed by atoms with E-state index in [0.717, 1.165) is 6.42 Å². The van der Waals surface area contributed by atoms with E-state index >= 15 is 0 Å². The quantitative estimate of drug-likeness (QED) is 0.684. The monoisotopic (exact) mass is 296 g/mol. The maximum atomic E-state index is 11.9. The molecular weight excluding hydrogens is 277 g/mol. The molecule has 1 rings (SSSR count). The van der Waals surface area contributed by atoms with Crippen LogP contribution >= 0.6 is 0 Å². The fraction of sp³-hybridized carbons (Fsp3) is 0.818. The summed E-state index contributed by atoms with van der Waals surface area (Å²) in [6, 6.07) is -1.15. The average molecular weight is 296 g/mol. The third-order valence-corrected chi connectivity index (χ3v) is 3.20. The molecular formula is C11H19F3N4O2. The molecule has 0 saturated carbocycles. The number of imide groups is 1. The highest BCUT2D eigenvalue weighted by molar-refractivity contribution is 5.95. The molecule has 1 saturated heterocycles. The zero-order valence-electron chi connectivity index (χ0n) is 11.2. The number of hydrogen-bond acceptors (Lipinski definition) is 4. The first kappa shape index (κ1) is 16.7. The molecule has 1 unspecified atom stereocenters. The third kappa shape index (κ3) is 5.74. The summed E-state index contributed by atoms with van der Waals surface area (Å²) < 4.78 is 35.6. The van der Waals surface area contributed by atoms with Crippen molar-refractivity contribution in [1.82, 2.24) is 15.5 Å². The Labute approximate surface area is 114 Å². The molecule has 1 heterocycles. The Balaban J connectivity index is 2.29. The Bertz CT molecular complexity index is 375. The van der Waals surface area contributed by atoms with E-state index in [4.69, 9.17) is 5.73 Å². The van der Waals surface area contributed by atoms with Crippen LogP contribution in [0, 0.1) is 5.41 Å². The van der Waals surface area contributed by atoms with Crippen LogP contribution < -0.4 is 16.4 Å². The van der Waals surface area contributed by atoms with Crippen LogP contribution in [0.4, 0.5) is 18.0 Å². The van der Waals surface area contributed by atoms with Gasteiger partial charge in [-0.1, -0.05) is 6.92 Å². The first-order chi connectivity index (χ1) is 9.13. The van der Waals surface area contributed by atoms with Crippen molar-refractivity contribution in [3.05, 3.63) is 0 Å². The molecule has 0 bridgehead atoms. The number of nitrogens with two attached hydrogens (primary N) is 1. The van der Waals surface area contributed by atoms with Gasteiger partial charge in [-0.25, -0.2) is 4.79 Å². The van der Waals surface area contributed by atoms with Crippen molar-refractivity contribution in [2.45, 2.75) is 19.5 Å². The van der Waals surface area contributed by atoms with E-state index in [1.807, 2.05) is 17.1 Å². The van der Waals surface area contributed by atoms with Gasteiger partial charge in [0, 0.05) is 6.54 Å². The average Bonchev–Trinajstić information content (AvgIpc) is 2.68. The van der Waals surface area contributed by atoms with Gasteiger partial charge in [-0.15, -0.1) is 0 Å². The molecule has 0 spiro atoms. The van der Waals surface area contributed by atoms with Gasteiger partial charge in [0.05, 0.1) is 6.54 Å². The fourth-order valence-corrected chi connectivity index (χ4v) is 2.02. The summed E-state index contributed by atoms with van der Waals surface area (Å²) in [7, 11) is 0. The summed E-state index contributed by atoms with van der Waals surface area (Å²) in [5, 5.41) is 3.43. The molecule has 116 valence electrons. The van der Waals surface area contributed by atoms with Crippen LogP contribution in [-0.2, 0) is 4.79 Å². The number of nitrogens with zero attached hydrogens (tertiary/aromatic N) is 1. The molecule has 1 atom stereocenters. The maximum absolute atomic E-state index is 11.9. The topological polar surface area (TPSA) is 87.5 Å². The Morgan fingerprint density at radius 1 is 1.40 bits per heavy atom. The summed E-state index contributed by atoms with van der Waals surface area (Å²) in [5.41, 5.74) is 5.57. The number of carbonyl (C=O) groups is 2. The molecule has 6 nitrogen and oxygen atoms in total. The van der Waals surface area contributed by atoms with Gasteiger partial charge >= 0.3 is 12.2 Å². The molecule has 0 aromatic carbocycles. The molecule has 20 heavy (non-hydrogen) atoms. The van der Waals surface area contributed by atoms with Crippen LogP contribution in [0.25, 0.3) is 0 Å². The van der Waals surface area contributed by atoms with Crippen LogP contribution in [0.2, 0.25) is 0 Å². The van der Waals surface area contributed by atoms with Crippen LogP contribution in [0.5, 0.6) is 0 Å². The van der Waals surface area contributed by atoms with E-state index in [1.54, 1.807) is 5.32 Å². The molecule has 3 amide bonds. The van der Waals surface area contributed by atoms with Crippen LogP contribution in [0.1, 0.15) is 13.3 Å². The molecule has 9 heteroatoms. The lowest BCUT2D eigenvalue weighted by atomic mass is 9.90. The fourth-order valence-electron chi connectivity index (χ4n) is 2.02. The first-order valence-electron chi connectivity index (χ1n) is 6.20. The Kier molecular flexibility index (Phi) is 5.35. The standard InChI is InChI=1S/C11H19F3N4O2/c1-10(5-15)2-3-18(7-10)4-8(19)17-9(20)16-6-11(12,13)14/h2-7,15H2,1H3,(H2,16,17,19,20). The maximum Gasteiger partial charge on any atom is 0.405 e. The van der Waals surface area contributed by atoms with Crippen molar-refractivity contribution in [2.75, 3.05) is 32.7 Å². The van der Waals surface area contributed by atoms with Gasteiger partial charge in [-0.2, -0.15) is 13.2 Å². The number of carbonyl (C=O) groups excluding carboxylic acids is 2. The van der Waals surface area contributed by atoms with Crippen LogP contribution in [0.15, 0.2) is 0 Å². The summed E-state index contributed by atoms with van der Waals surface area (Å²) in [4.78, 5) is 24.4. The van der Waals surface area contributed by atoms with Crippen molar-refractivity contribution in [3.63, 3.8) is 0 Å². The number of halogens is 3. The van der Waals surface area contributed by atoms with Crippen molar-refractivity contribution >= 4 is 11.9 Å². The lowest BCUT2D eigenvalue weighted by Crippen LogP contribution is -2.46. The Morgan fingerprint density at radius 3 is 2.55 bits per heavy atom. The van der Waals surface area contributed by atoms with Crippen molar-refractivity contribution < 1.29 is 22.8 Å². The lowest BCUT2D eigenvalue weighted by molar-refractivity contribution is -0.125. The van der Waals surface area contributed by atoms with E-state index in [9.17, 15) is 22.8 Å². The lowest BCUT2D eigenvalue weighted by Gasteiger charge is -2.22. The molecule has 1 aliphatic heterocycles. The Hall–Kier alpha value is -1.35. The highest BCUT2D eigenvalue weighted by atomic mass is 19.4. The highest BCUT2D eigenvalue weighted by Crippen LogP contribution is 2.27. The predicted octanol–water partition coefficient (Wildman–Crippen LogP) is 0.0452. The largest absolute Gasteiger partial charge is 0.405 e. The van der Waals surface area contributed by atoms with Gasteiger partial charge in [-0.3, -0.25) is 15.0 Å². The van der Waals surface area contributed by atoms with Crippen molar-refractivity contribution in [2.24, 2.45) is 11.1 Å². The van der Waals surface area contributed by atoms with Crippen LogP contribution in [0.3, 0.4) is 0 Å². The number of alkyl halides is 3. The zero-order valence-corrected chi connectivity index (χ0v) is 11.2. The van der Waals surface area contributed by atoms with Gasteiger partial charge in [-0.05, 0) is 24.9 Å². The molecule has 0 aromatic heterocycles. The minimum atomic E-state index is -4.50. The van der Waals surface area contributed by atoms with E-state index in [0.29, 0.717) is 19.6 Å². The second-order valence-corrected chi connectivity index (χ2v) is 5.32.